The molecular formula is C3H7BO3S. The third-order valence-corrected chi connectivity index (χ3v) is 1.28. The summed E-state index contributed by atoms with van der Waals surface area (Å²) in [6.45, 7) is 1.77. The van der Waals surface area contributed by atoms with E-state index in [1.54, 1.807) is 6.92 Å². The minimum Gasteiger partial charge on any atom is -0.421 e. The molecule has 0 bridgehead atoms. The Hall–Kier alpha value is 0.00494. The molecule has 0 saturated carbocycles. The topological polar surface area (TPSA) is 57.5 Å². The Morgan fingerprint density at radius 2 is 2.25 bits per heavy atom. The number of thioether (sulfide) groups is 1. The van der Waals surface area contributed by atoms with Crippen molar-refractivity contribution in [1.29, 1.82) is 0 Å². The molecule has 0 aliphatic carbocycles. The summed E-state index contributed by atoms with van der Waals surface area (Å²) in [6, 6.07) is 0. The average Bonchev–Trinajstić information content (AvgIpc) is 1.67. The van der Waals surface area contributed by atoms with Crippen molar-refractivity contribution in [2.75, 3.05) is 5.75 Å². The Bertz CT molecular complexity index is 84.6. The largest absolute Gasteiger partial charge is 0.539 e. The first-order valence-electron chi connectivity index (χ1n) is 2.21. The van der Waals surface area contributed by atoms with E-state index in [-0.39, 0.29) is 0 Å². The monoisotopic (exact) mass is 134 g/mol. The molecule has 0 aromatic carbocycles. The molecule has 0 aliphatic heterocycles. The SMILES string of the molecule is CCSC(=O)B(O)O. The van der Waals surface area contributed by atoms with Gasteiger partial charge >= 0.3 is 7.12 Å². The van der Waals surface area contributed by atoms with E-state index in [0.717, 1.165) is 11.8 Å². The molecule has 0 amide bonds. The highest BCUT2D eigenvalue weighted by molar-refractivity contribution is 8.16. The van der Waals surface area contributed by atoms with Gasteiger partial charge in [0.05, 0.1) is 0 Å². The number of hydrogen-bond donors (Lipinski definition) is 2. The van der Waals surface area contributed by atoms with Gasteiger partial charge in [-0.15, -0.1) is 0 Å². The molecule has 0 unspecified atom stereocenters. The first-order chi connectivity index (χ1) is 3.68. The molecule has 0 fully saturated rings. The van der Waals surface area contributed by atoms with E-state index < -0.39 is 12.1 Å². The highest BCUT2D eigenvalue weighted by atomic mass is 32.2. The van der Waals surface area contributed by atoms with Gasteiger partial charge in [-0.1, -0.05) is 18.7 Å². The second kappa shape index (κ2) is 3.94. The lowest BCUT2D eigenvalue weighted by Crippen LogP contribution is -2.20. The molecule has 0 atom stereocenters. The van der Waals surface area contributed by atoms with E-state index in [9.17, 15) is 4.79 Å². The van der Waals surface area contributed by atoms with Crippen LogP contribution in [0.4, 0.5) is 4.79 Å². The van der Waals surface area contributed by atoms with Crippen LogP contribution in [0.25, 0.3) is 0 Å². The quantitative estimate of drug-likeness (QED) is 0.518. The summed E-state index contributed by atoms with van der Waals surface area (Å²) in [5, 5.41) is 15.7. The number of hydrogen-bond acceptors (Lipinski definition) is 4. The van der Waals surface area contributed by atoms with Crippen molar-refractivity contribution in [2.45, 2.75) is 6.92 Å². The van der Waals surface area contributed by atoms with Gasteiger partial charge in [-0.3, -0.25) is 4.79 Å². The summed E-state index contributed by atoms with van der Waals surface area (Å²) >= 11 is 0.900. The predicted molar refractivity (Wildman–Crippen MR) is 33.7 cm³/mol. The smallest absolute Gasteiger partial charge is 0.421 e. The van der Waals surface area contributed by atoms with Crippen molar-refractivity contribution >= 4 is 23.9 Å². The highest BCUT2D eigenvalue weighted by Crippen LogP contribution is 2.01. The maximum atomic E-state index is 10.2. The molecule has 3 nitrogen and oxygen atoms in total. The standard InChI is InChI=1S/C3H7BO3S/c1-2-8-3(5)4(6)7/h6-7H,2H2,1H3. The van der Waals surface area contributed by atoms with Gasteiger partial charge in [0.1, 0.15) is 0 Å². The van der Waals surface area contributed by atoms with Crippen LogP contribution in [-0.2, 0) is 0 Å². The van der Waals surface area contributed by atoms with Crippen molar-refractivity contribution in [2.24, 2.45) is 0 Å². The molecule has 0 rings (SSSR count). The summed E-state index contributed by atoms with van der Waals surface area (Å²) in [5.74, 6) is 0.580. The molecule has 2 N–H and O–H groups in total. The summed E-state index contributed by atoms with van der Waals surface area (Å²) in [6.07, 6.45) is 0. The fraction of sp³-hybridized carbons (Fsp3) is 0.667. The van der Waals surface area contributed by atoms with Crippen molar-refractivity contribution in [1.82, 2.24) is 0 Å². The molecule has 0 spiro atoms. The molecule has 0 heterocycles. The summed E-state index contributed by atoms with van der Waals surface area (Å²) in [4.78, 5) is 10.2. The lowest BCUT2D eigenvalue weighted by Gasteiger charge is -1.91. The third kappa shape index (κ3) is 3.07. The second-order valence-electron chi connectivity index (χ2n) is 1.13. The minimum absolute atomic E-state index is 0.580. The van der Waals surface area contributed by atoms with Crippen LogP contribution in [0.1, 0.15) is 6.92 Å². The number of rotatable bonds is 2. The normalized spacial score (nSPS) is 8.88. The van der Waals surface area contributed by atoms with Gasteiger partial charge < -0.3 is 10.0 Å². The zero-order valence-corrected chi connectivity index (χ0v) is 5.31. The van der Waals surface area contributed by atoms with Crippen LogP contribution in [0.5, 0.6) is 0 Å². The van der Waals surface area contributed by atoms with E-state index >= 15 is 0 Å². The molecule has 0 aromatic rings. The van der Waals surface area contributed by atoms with Crippen LogP contribution in [0.2, 0.25) is 0 Å². The minimum atomic E-state index is -1.81. The first-order valence-corrected chi connectivity index (χ1v) is 3.19. The van der Waals surface area contributed by atoms with Crippen LogP contribution < -0.4 is 0 Å². The zero-order valence-electron chi connectivity index (χ0n) is 4.50. The lowest BCUT2D eigenvalue weighted by molar-refractivity contribution is 0.266. The summed E-state index contributed by atoms with van der Waals surface area (Å²) in [5.41, 5.74) is 0. The van der Waals surface area contributed by atoms with Crippen molar-refractivity contribution in [3.63, 3.8) is 0 Å². The Morgan fingerprint density at radius 1 is 1.75 bits per heavy atom. The molecule has 5 heteroatoms. The third-order valence-electron chi connectivity index (χ3n) is 0.497. The van der Waals surface area contributed by atoms with Crippen molar-refractivity contribution in [3.05, 3.63) is 0 Å². The van der Waals surface area contributed by atoms with E-state index in [1.807, 2.05) is 0 Å². The maximum absolute atomic E-state index is 10.2. The fourth-order valence-electron chi connectivity index (χ4n) is 0.217. The van der Waals surface area contributed by atoms with Gasteiger partial charge in [0.15, 0.2) is 0 Å². The van der Waals surface area contributed by atoms with Crippen LogP contribution >= 0.6 is 11.8 Å². The second-order valence-corrected chi connectivity index (χ2v) is 2.39. The number of carbonyl (C=O) groups excluding carboxylic acids is 1. The first kappa shape index (κ1) is 8.00. The Balaban J connectivity index is 3.33. The molecular weight excluding hydrogens is 127 g/mol. The van der Waals surface area contributed by atoms with E-state index in [0.29, 0.717) is 5.75 Å². The molecule has 8 heavy (non-hydrogen) atoms. The van der Waals surface area contributed by atoms with Gasteiger partial charge in [-0.05, 0) is 5.75 Å². The van der Waals surface area contributed by atoms with E-state index in [4.69, 9.17) is 10.0 Å². The van der Waals surface area contributed by atoms with Crippen molar-refractivity contribution < 1.29 is 14.8 Å². The molecule has 46 valence electrons. The molecule has 0 aromatic heterocycles. The van der Waals surface area contributed by atoms with Gasteiger partial charge in [0.2, 0.25) is 5.01 Å². The lowest BCUT2D eigenvalue weighted by atomic mass is 9.96. The molecule has 0 radical (unpaired) electrons. The van der Waals surface area contributed by atoms with Crippen LogP contribution in [0, 0.1) is 0 Å². The van der Waals surface area contributed by atoms with Gasteiger partial charge in [-0.25, -0.2) is 0 Å². The van der Waals surface area contributed by atoms with Crippen molar-refractivity contribution in [3.8, 4) is 0 Å². The summed E-state index contributed by atoms with van der Waals surface area (Å²) < 4.78 is 0. The van der Waals surface area contributed by atoms with Gasteiger partial charge in [0, 0.05) is 0 Å². The summed E-state index contributed by atoms with van der Waals surface area (Å²) in [7, 11) is -1.81. The zero-order chi connectivity index (χ0) is 6.57. The van der Waals surface area contributed by atoms with E-state index in [1.165, 1.54) is 0 Å². The van der Waals surface area contributed by atoms with Gasteiger partial charge in [0.25, 0.3) is 0 Å². The highest BCUT2D eigenvalue weighted by Gasteiger charge is 2.18. The molecule has 0 saturated heterocycles. The van der Waals surface area contributed by atoms with E-state index in [2.05, 4.69) is 0 Å². The Morgan fingerprint density at radius 3 is 2.38 bits per heavy atom. The van der Waals surface area contributed by atoms with Crippen LogP contribution in [-0.4, -0.2) is 27.9 Å². The van der Waals surface area contributed by atoms with Gasteiger partial charge in [-0.2, -0.15) is 0 Å². The number of carbonyl (C=O) groups is 1. The maximum Gasteiger partial charge on any atom is 0.539 e. The van der Waals surface area contributed by atoms with Crippen LogP contribution in [0.3, 0.4) is 0 Å². The van der Waals surface area contributed by atoms with Crippen LogP contribution in [0.15, 0.2) is 0 Å². The Labute approximate surface area is 52.2 Å². The predicted octanol–water partition coefficient (Wildman–Crippen LogP) is -0.0860. The molecule has 0 aliphatic rings. The Kier molecular flexibility index (Phi) is 3.94. The fourth-order valence-corrected chi connectivity index (χ4v) is 0.650. The average molecular weight is 134 g/mol.